The maximum atomic E-state index is 14.2. The molecule has 0 bridgehead atoms. The molecule has 38 heavy (non-hydrogen) atoms. The van der Waals surface area contributed by atoms with E-state index in [1.807, 2.05) is 48.5 Å². The average molecular weight is 559 g/mol. The third-order valence-corrected chi connectivity index (χ3v) is 8.10. The molecule has 1 N–H and O–H groups in total. The Bertz CT molecular complexity index is 1180. The van der Waals surface area contributed by atoms with Crippen LogP contribution in [-0.4, -0.2) is 55.0 Å². The number of hydrogen-bond acceptors (Lipinski definition) is 3. The van der Waals surface area contributed by atoms with Gasteiger partial charge in [-0.05, 0) is 79.0 Å². The molecule has 1 atom stereocenters. The number of likely N-dealkylation sites (tertiary alicyclic amines) is 2. The zero-order valence-corrected chi connectivity index (χ0v) is 22.6. The van der Waals surface area contributed by atoms with Crippen molar-refractivity contribution in [2.75, 3.05) is 39.3 Å². The summed E-state index contributed by atoms with van der Waals surface area (Å²) in [6.45, 7) is 4.58. The highest BCUT2D eigenvalue weighted by atomic mass is 35.5. The van der Waals surface area contributed by atoms with Gasteiger partial charge in [-0.25, -0.2) is 8.78 Å². The van der Waals surface area contributed by atoms with E-state index in [1.165, 1.54) is 25.0 Å². The number of nitrogens with one attached hydrogen (secondary N) is 1. The van der Waals surface area contributed by atoms with Crippen molar-refractivity contribution in [3.63, 3.8) is 0 Å². The van der Waals surface area contributed by atoms with Crippen molar-refractivity contribution in [3.8, 4) is 0 Å². The van der Waals surface area contributed by atoms with Crippen molar-refractivity contribution in [2.45, 2.75) is 24.8 Å². The van der Waals surface area contributed by atoms with E-state index in [2.05, 4.69) is 15.1 Å². The SMILES string of the molecule is O=C(NCCN1CCCC1)C(c1cc(F)cc(F)c1)C1CN(C(c2ccc(Cl)cc2)c2ccc(Cl)cc2)C1. The van der Waals surface area contributed by atoms with E-state index in [9.17, 15) is 13.6 Å². The van der Waals surface area contributed by atoms with Crippen LogP contribution in [0.3, 0.4) is 0 Å². The molecule has 0 spiro atoms. The molecule has 2 fully saturated rings. The summed E-state index contributed by atoms with van der Waals surface area (Å²) in [4.78, 5) is 18.0. The van der Waals surface area contributed by atoms with Gasteiger partial charge < -0.3 is 10.2 Å². The summed E-state index contributed by atoms with van der Waals surface area (Å²) in [6, 6.07) is 18.8. The number of nitrogens with zero attached hydrogens (tertiary/aromatic N) is 2. The molecule has 4 nitrogen and oxygen atoms in total. The Balaban J connectivity index is 1.36. The summed E-state index contributed by atoms with van der Waals surface area (Å²) < 4.78 is 28.4. The van der Waals surface area contributed by atoms with Gasteiger partial charge in [0.2, 0.25) is 5.91 Å². The summed E-state index contributed by atoms with van der Waals surface area (Å²) in [5.41, 5.74) is 2.51. The zero-order chi connectivity index (χ0) is 26.6. The van der Waals surface area contributed by atoms with Crippen LogP contribution < -0.4 is 5.32 Å². The van der Waals surface area contributed by atoms with E-state index >= 15 is 0 Å². The van der Waals surface area contributed by atoms with Gasteiger partial charge in [0.15, 0.2) is 0 Å². The molecule has 1 amide bonds. The van der Waals surface area contributed by atoms with Gasteiger partial charge in [0.1, 0.15) is 11.6 Å². The van der Waals surface area contributed by atoms with Crippen molar-refractivity contribution in [3.05, 3.63) is 105 Å². The molecule has 0 saturated carbocycles. The Morgan fingerprint density at radius 3 is 1.89 bits per heavy atom. The zero-order valence-electron chi connectivity index (χ0n) is 21.1. The number of hydrogen-bond donors (Lipinski definition) is 1. The first-order chi connectivity index (χ1) is 18.4. The van der Waals surface area contributed by atoms with Crippen LogP contribution in [0.15, 0.2) is 66.7 Å². The summed E-state index contributed by atoms with van der Waals surface area (Å²) in [6.07, 6.45) is 2.36. The van der Waals surface area contributed by atoms with Crippen LogP contribution in [0.5, 0.6) is 0 Å². The molecule has 2 aliphatic rings. The van der Waals surface area contributed by atoms with Crippen molar-refractivity contribution in [2.24, 2.45) is 5.92 Å². The maximum Gasteiger partial charge on any atom is 0.227 e. The van der Waals surface area contributed by atoms with Crippen molar-refractivity contribution >= 4 is 29.1 Å². The molecule has 0 aromatic heterocycles. The van der Waals surface area contributed by atoms with E-state index in [0.717, 1.165) is 36.8 Å². The highest BCUT2D eigenvalue weighted by Crippen LogP contribution is 2.40. The number of rotatable bonds is 9. The van der Waals surface area contributed by atoms with Crippen LogP contribution in [-0.2, 0) is 4.79 Å². The van der Waals surface area contributed by atoms with Gasteiger partial charge in [-0.2, -0.15) is 0 Å². The second-order valence-corrected chi connectivity index (χ2v) is 11.1. The summed E-state index contributed by atoms with van der Waals surface area (Å²) >= 11 is 12.3. The van der Waals surface area contributed by atoms with Crippen molar-refractivity contribution in [1.82, 2.24) is 15.1 Å². The fourth-order valence-electron chi connectivity index (χ4n) is 5.72. The molecule has 8 heteroatoms. The van der Waals surface area contributed by atoms with Crippen LogP contribution in [0, 0.1) is 17.6 Å². The fourth-order valence-corrected chi connectivity index (χ4v) is 5.97. The van der Waals surface area contributed by atoms with E-state index in [0.29, 0.717) is 35.2 Å². The first kappa shape index (κ1) is 27.1. The Morgan fingerprint density at radius 2 is 1.37 bits per heavy atom. The topological polar surface area (TPSA) is 35.6 Å². The van der Waals surface area contributed by atoms with Gasteiger partial charge in [0.05, 0.1) is 12.0 Å². The van der Waals surface area contributed by atoms with Crippen LogP contribution in [0.4, 0.5) is 8.78 Å². The highest BCUT2D eigenvalue weighted by Gasteiger charge is 2.42. The molecule has 2 saturated heterocycles. The van der Waals surface area contributed by atoms with Gasteiger partial charge in [-0.15, -0.1) is 0 Å². The molecular formula is C30H31Cl2F2N3O. The summed E-state index contributed by atoms with van der Waals surface area (Å²) in [5, 5.41) is 4.36. The Kier molecular flexibility index (Phi) is 8.64. The molecule has 2 heterocycles. The quantitative estimate of drug-likeness (QED) is 0.336. The van der Waals surface area contributed by atoms with Crippen LogP contribution in [0.1, 0.15) is 41.5 Å². The second-order valence-electron chi connectivity index (χ2n) is 10.2. The Morgan fingerprint density at radius 1 is 0.842 bits per heavy atom. The minimum Gasteiger partial charge on any atom is -0.354 e. The molecule has 3 aromatic rings. The average Bonchev–Trinajstić information content (AvgIpc) is 3.37. The van der Waals surface area contributed by atoms with Crippen molar-refractivity contribution in [1.29, 1.82) is 0 Å². The molecule has 3 aromatic carbocycles. The van der Waals surface area contributed by atoms with Crippen molar-refractivity contribution < 1.29 is 13.6 Å². The Labute approximate surface area is 232 Å². The minimum absolute atomic E-state index is 0.0658. The first-order valence-corrected chi connectivity index (χ1v) is 13.8. The lowest BCUT2D eigenvalue weighted by molar-refractivity contribution is -0.125. The number of benzene rings is 3. The van der Waals surface area contributed by atoms with E-state index < -0.39 is 17.6 Å². The summed E-state index contributed by atoms with van der Waals surface area (Å²) in [5.74, 6) is -2.28. The second kappa shape index (κ2) is 12.1. The van der Waals surface area contributed by atoms with Gasteiger partial charge >= 0.3 is 0 Å². The third-order valence-electron chi connectivity index (χ3n) is 7.60. The van der Waals surface area contributed by atoms with Gasteiger partial charge in [-0.1, -0.05) is 47.5 Å². The molecular weight excluding hydrogens is 527 g/mol. The van der Waals surface area contributed by atoms with Gasteiger partial charge in [0.25, 0.3) is 0 Å². The lowest BCUT2D eigenvalue weighted by Crippen LogP contribution is -2.53. The minimum atomic E-state index is -0.675. The molecule has 0 radical (unpaired) electrons. The molecule has 2 aliphatic heterocycles. The lowest BCUT2D eigenvalue weighted by Gasteiger charge is -2.47. The van der Waals surface area contributed by atoms with Crippen LogP contribution in [0.25, 0.3) is 0 Å². The fraction of sp³-hybridized carbons (Fsp3) is 0.367. The normalized spacial score (nSPS) is 17.5. The number of amides is 1. The standard InChI is InChI=1S/C30H31Cl2F2N3O/c31-24-7-3-20(4-8-24)29(21-5-9-25(32)10-6-21)37-18-23(19-37)28(22-15-26(33)17-27(34)16-22)30(38)35-11-14-36-12-1-2-13-36/h3-10,15-17,23,28-29H,1-2,11-14,18-19H2,(H,35,38). The molecule has 0 aliphatic carbocycles. The van der Waals surface area contributed by atoms with Gasteiger partial charge in [-0.3, -0.25) is 9.69 Å². The van der Waals surface area contributed by atoms with Crippen LogP contribution in [0.2, 0.25) is 10.0 Å². The predicted octanol–water partition coefficient (Wildman–Crippen LogP) is 6.29. The van der Waals surface area contributed by atoms with Gasteiger partial charge in [0, 0.05) is 48.2 Å². The largest absolute Gasteiger partial charge is 0.354 e. The molecule has 200 valence electrons. The third kappa shape index (κ3) is 6.37. The number of carbonyl (C=O) groups is 1. The first-order valence-electron chi connectivity index (χ1n) is 13.1. The molecule has 1 unspecified atom stereocenters. The Hall–Kier alpha value is -2.51. The van der Waals surface area contributed by atoms with E-state index in [1.54, 1.807) is 0 Å². The summed E-state index contributed by atoms with van der Waals surface area (Å²) in [7, 11) is 0. The predicted molar refractivity (Wildman–Crippen MR) is 148 cm³/mol. The smallest absolute Gasteiger partial charge is 0.227 e. The van der Waals surface area contributed by atoms with Crippen LogP contribution >= 0.6 is 23.2 Å². The monoisotopic (exact) mass is 557 g/mol. The van der Waals surface area contributed by atoms with E-state index in [4.69, 9.17) is 23.2 Å². The number of halogens is 4. The lowest BCUT2D eigenvalue weighted by atomic mass is 9.78. The number of carbonyl (C=O) groups excluding carboxylic acids is 1. The maximum absolute atomic E-state index is 14.2. The highest BCUT2D eigenvalue weighted by molar-refractivity contribution is 6.30. The molecule has 5 rings (SSSR count). The van der Waals surface area contributed by atoms with E-state index in [-0.39, 0.29) is 17.9 Å².